The van der Waals surface area contributed by atoms with Crippen molar-refractivity contribution in [2.24, 2.45) is 0 Å². The zero-order valence-corrected chi connectivity index (χ0v) is 13.7. The summed E-state index contributed by atoms with van der Waals surface area (Å²) in [7, 11) is -1.71. The molecule has 1 fully saturated rings. The third kappa shape index (κ3) is 4.20. The first-order chi connectivity index (χ1) is 10.4. The van der Waals surface area contributed by atoms with Crippen LogP contribution in [0.3, 0.4) is 0 Å². The predicted molar refractivity (Wildman–Crippen MR) is 84.3 cm³/mol. The average molecular weight is 326 g/mol. The van der Waals surface area contributed by atoms with E-state index in [1.54, 1.807) is 7.11 Å². The van der Waals surface area contributed by atoms with Gasteiger partial charge in [-0.15, -0.1) is 0 Å². The minimum absolute atomic E-state index is 0.212. The molecule has 1 N–H and O–H groups in total. The summed E-state index contributed by atoms with van der Waals surface area (Å²) in [6, 6.07) is 7.08. The van der Waals surface area contributed by atoms with Crippen molar-refractivity contribution < 1.29 is 17.9 Å². The Kier molecular flexibility index (Phi) is 5.42. The van der Waals surface area contributed by atoms with E-state index in [-0.39, 0.29) is 5.91 Å². The first kappa shape index (κ1) is 16.8. The Bertz CT molecular complexity index is 613. The van der Waals surface area contributed by atoms with Crippen LogP contribution in [0, 0.1) is 0 Å². The molecule has 1 atom stereocenters. The van der Waals surface area contributed by atoms with Gasteiger partial charge >= 0.3 is 0 Å². The van der Waals surface area contributed by atoms with Crippen LogP contribution in [0.25, 0.3) is 0 Å². The first-order valence-corrected chi connectivity index (χ1v) is 9.14. The highest BCUT2D eigenvalue weighted by atomic mass is 32.2. The molecule has 1 heterocycles. The Hall–Kier alpha value is -1.60. The van der Waals surface area contributed by atoms with E-state index in [4.69, 9.17) is 4.74 Å². The number of nitrogens with one attached hydrogen (secondary N) is 1. The highest BCUT2D eigenvalue weighted by molar-refractivity contribution is 7.88. The van der Waals surface area contributed by atoms with Gasteiger partial charge in [-0.1, -0.05) is 12.1 Å². The third-order valence-corrected chi connectivity index (χ3v) is 5.09. The molecule has 1 aliphatic rings. The molecule has 0 saturated carbocycles. The second-order valence-electron chi connectivity index (χ2n) is 5.42. The maximum atomic E-state index is 12.2. The molecule has 7 heteroatoms. The van der Waals surface area contributed by atoms with Crippen LogP contribution < -0.4 is 10.1 Å². The van der Waals surface area contributed by atoms with Crippen LogP contribution in [0.2, 0.25) is 0 Å². The van der Waals surface area contributed by atoms with Crippen LogP contribution in [0.4, 0.5) is 0 Å². The second-order valence-corrected chi connectivity index (χ2v) is 7.36. The molecule has 1 aliphatic heterocycles. The summed E-state index contributed by atoms with van der Waals surface area (Å²) in [6.07, 6.45) is 3.16. The smallest absolute Gasteiger partial charge is 0.238 e. The molecule has 122 valence electrons. The molecule has 2 rings (SSSR count). The van der Waals surface area contributed by atoms with Crippen LogP contribution in [-0.4, -0.2) is 51.1 Å². The largest absolute Gasteiger partial charge is 0.497 e. The molecule has 0 unspecified atom stereocenters. The minimum atomic E-state index is -3.32. The van der Waals surface area contributed by atoms with E-state index in [0.29, 0.717) is 25.9 Å². The van der Waals surface area contributed by atoms with E-state index in [2.05, 4.69) is 5.32 Å². The molecule has 0 spiro atoms. The number of nitrogens with zero attached hydrogens (tertiary/aromatic N) is 1. The summed E-state index contributed by atoms with van der Waals surface area (Å²) in [5, 5.41) is 2.83. The maximum Gasteiger partial charge on any atom is 0.238 e. The SMILES string of the molecule is COc1ccc(CCNC(=O)[C@@H]2CCCN2S(C)(=O)=O)cc1. The summed E-state index contributed by atoms with van der Waals surface area (Å²) in [5.74, 6) is 0.582. The third-order valence-electron chi connectivity index (χ3n) is 3.80. The van der Waals surface area contributed by atoms with Crippen molar-refractivity contribution in [3.05, 3.63) is 29.8 Å². The van der Waals surface area contributed by atoms with Gasteiger partial charge < -0.3 is 10.1 Å². The van der Waals surface area contributed by atoms with E-state index >= 15 is 0 Å². The normalized spacial score (nSPS) is 19.1. The molecule has 1 aromatic rings. The van der Waals surface area contributed by atoms with E-state index in [9.17, 15) is 13.2 Å². The molecular weight excluding hydrogens is 304 g/mol. The Morgan fingerprint density at radius 2 is 2.05 bits per heavy atom. The molecule has 0 bridgehead atoms. The molecular formula is C15H22N2O4S. The van der Waals surface area contributed by atoms with Crippen molar-refractivity contribution in [2.45, 2.75) is 25.3 Å². The van der Waals surface area contributed by atoms with Crippen LogP contribution >= 0.6 is 0 Å². The highest BCUT2D eigenvalue weighted by Gasteiger charge is 2.36. The van der Waals surface area contributed by atoms with Crippen LogP contribution in [-0.2, 0) is 21.2 Å². The summed E-state index contributed by atoms with van der Waals surface area (Å²) < 4.78 is 29.7. The van der Waals surface area contributed by atoms with Crippen molar-refractivity contribution in [3.8, 4) is 5.75 Å². The van der Waals surface area contributed by atoms with Crippen molar-refractivity contribution in [1.82, 2.24) is 9.62 Å². The lowest BCUT2D eigenvalue weighted by Crippen LogP contribution is -2.45. The quantitative estimate of drug-likeness (QED) is 0.838. The first-order valence-electron chi connectivity index (χ1n) is 7.29. The average Bonchev–Trinajstić information content (AvgIpc) is 2.97. The fraction of sp³-hybridized carbons (Fsp3) is 0.533. The van der Waals surface area contributed by atoms with Gasteiger partial charge in [0.05, 0.1) is 13.4 Å². The van der Waals surface area contributed by atoms with E-state index < -0.39 is 16.1 Å². The topological polar surface area (TPSA) is 75.7 Å². The van der Waals surface area contributed by atoms with Crippen molar-refractivity contribution in [1.29, 1.82) is 0 Å². The van der Waals surface area contributed by atoms with Gasteiger partial charge in [-0.2, -0.15) is 4.31 Å². The molecule has 1 saturated heterocycles. The van der Waals surface area contributed by atoms with Crippen molar-refractivity contribution in [3.63, 3.8) is 0 Å². The monoisotopic (exact) mass is 326 g/mol. The highest BCUT2D eigenvalue weighted by Crippen LogP contribution is 2.20. The Labute approximate surface area is 131 Å². The molecule has 0 radical (unpaired) electrons. The number of benzene rings is 1. The van der Waals surface area contributed by atoms with Crippen LogP contribution in [0.15, 0.2) is 24.3 Å². The Morgan fingerprint density at radius 3 is 2.64 bits per heavy atom. The summed E-state index contributed by atoms with van der Waals surface area (Å²) >= 11 is 0. The van der Waals surface area contributed by atoms with Crippen molar-refractivity contribution >= 4 is 15.9 Å². The molecule has 1 amide bonds. The van der Waals surface area contributed by atoms with E-state index in [0.717, 1.165) is 24.0 Å². The minimum Gasteiger partial charge on any atom is -0.497 e. The fourth-order valence-corrected chi connectivity index (χ4v) is 3.76. The summed E-state index contributed by atoms with van der Waals surface area (Å²) in [5.41, 5.74) is 1.09. The van der Waals surface area contributed by atoms with Gasteiger partial charge in [-0.3, -0.25) is 4.79 Å². The number of hydrogen-bond donors (Lipinski definition) is 1. The lowest BCUT2D eigenvalue weighted by atomic mass is 10.1. The predicted octanol–water partition coefficient (Wildman–Crippen LogP) is 0.778. The summed E-state index contributed by atoms with van der Waals surface area (Å²) in [4.78, 5) is 12.2. The number of carbonyl (C=O) groups is 1. The fourth-order valence-electron chi connectivity index (χ4n) is 2.64. The molecule has 22 heavy (non-hydrogen) atoms. The lowest BCUT2D eigenvalue weighted by molar-refractivity contribution is -0.124. The van der Waals surface area contributed by atoms with E-state index in [1.165, 1.54) is 4.31 Å². The standard InChI is InChI=1S/C15H22N2O4S/c1-21-13-7-5-12(6-8-13)9-10-16-15(18)14-4-3-11-17(14)22(2,19)20/h5-8,14H,3-4,9-11H2,1-2H3,(H,16,18)/t14-/m0/s1. The Morgan fingerprint density at radius 1 is 1.36 bits per heavy atom. The lowest BCUT2D eigenvalue weighted by Gasteiger charge is -2.21. The Balaban J connectivity index is 1.84. The van der Waals surface area contributed by atoms with Gasteiger partial charge in [0.1, 0.15) is 11.8 Å². The zero-order chi connectivity index (χ0) is 16.2. The number of hydrogen-bond acceptors (Lipinski definition) is 4. The van der Waals surface area contributed by atoms with Gasteiger partial charge in [-0.05, 0) is 37.0 Å². The molecule has 0 aromatic heterocycles. The van der Waals surface area contributed by atoms with Gasteiger partial charge in [-0.25, -0.2) is 8.42 Å². The second kappa shape index (κ2) is 7.11. The molecule has 6 nitrogen and oxygen atoms in total. The number of amides is 1. The van der Waals surface area contributed by atoms with Gasteiger partial charge in [0.15, 0.2) is 0 Å². The van der Waals surface area contributed by atoms with Crippen LogP contribution in [0.1, 0.15) is 18.4 Å². The van der Waals surface area contributed by atoms with Gasteiger partial charge in [0.25, 0.3) is 0 Å². The molecule has 0 aliphatic carbocycles. The number of methoxy groups -OCH3 is 1. The summed E-state index contributed by atoms with van der Waals surface area (Å²) in [6.45, 7) is 0.911. The number of rotatable bonds is 6. The molecule has 1 aromatic carbocycles. The van der Waals surface area contributed by atoms with Gasteiger partial charge in [0.2, 0.25) is 15.9 Å². The maximum absolute atomic E-state index is 12.2. The number of carbonyl (C=O) groups excluding carboxylic acids is 1. The van der Waals surface area contributed by atoms with Crippen molar-refractivity contribution in [2.75, 3.05) is 26.5 Å². The van der Waals surface area contributed by atoms with Crippen LogP contribution in [0.5, 0.6) is 5.75 Å². The van der Waals surface area contributed by atoms with Gasteiger partial charge in [0, 0.05) is 13.1 Å². The zero-order valence-electron chi connectivity index (χ0n) is 12.9. The van der Waals surface area contributed by atoms with E-state index in [1.807, 2.05) is 24.3 Å². The number of sulfonamides is 1. The number of ether oxygens (including phenoxy) is 1.